The number of carbonyl (C=O) groups is 1. The molecule has 0 aliphatic carbocycles. The monoisotopic (exact) mass is 310 g/mol. The van der Waals surface area contributed by atoms with Crippen LogP contribution in [0.4, 0.5) is 0 Å². The highest BCUT2D eigenvalue weighted by Crippen LogP contribution is 2.22. The molecule has 1 aromatic carbocycles. The van der Waals surface area contributed by atoms with Crippen LogP contribution in [0.25, 0.3) is 0 Å². The number of aromatic nitrogens is 1. The van der Waals surface area contributed by atoms with Crippen LogP contribution in [0.1, 0.15) is 28.8 Å². The third-order valence-electron chi connectivity index (χ3n) is 4.32. The van der Waals surface area contributed by atoms with E-state index < -0.39 is 0 Å². The summed E-state index contributed by atoms with van der Waals surface area (Å²) in [5.74, 6) is 1.54. The van der Waals surface area contributed by atoms with Crippen molar-refractivity contribution in [3.8, 4) is 5.75 Å². The number of likely N-dealkylation sites (tertiary alicyclic amines) is 1. The lowest BCUT2D eigenvalue weighted by molar-refractivity contribution is 0.0785. The number of benzene rings is 1. The van der Waals surface area contributed by atoms with Gasteiger partial charge in [-0.25, -0.2) is 0 Å². The van der Waals surface area contributed by atoms with Gasteiger partial charge in [0, 0.05) is 31.0 Å². The molecule has 2 aromatic rings. The van der Waals surface area contributed by atoms with Crippen molar-refractivity contribution in [3.05, 3.63) is 59.9 Å². The molecule has 0 radical (unpaired) electrons. The minimum atomic E-state index is 0.106. The molecule has 0 spiro atoms. The van der Waals surface area contributed by atoms with E-state index in [1.54, 1.807) is 24.5 Å². The Morgan fingerprint density at radius 3 is 2.70 bits per heavy atom. The second-order valence-corrected chi connectivity index (χ2v) is 6.09. The highest BCUT2D eigenvalue weighted by Gasteiger charge is 2.26. The number of hydrogen-bond donors (Lipinski definition) is 0. The first-order valence-corrected chi connectivity index (χ1v) is 8.11. The van der Waals surface area contributed by atoms with Crippen LogP contribution >= 0.6 is 0 Å². The molecule has 0 saturated carbocycles. The average Bonchev–Trinajstić information content (AvgIpc) is 3.06. The predicted molar refractivity (Wildman–Crippen MR) is 89.5 cm³/mol. The van der Waals surface area contributed by atoms with Gasteiger partial charge in [0.25, 0.3) is 5.91 Å². The zero-order valence-electron chi connectivity index (χ0n) is 13.4. The first-order valence-electron chi connectivity index (χ1n) is 8.11. The van der Waals surface area contributed by atoms with Gasteiger partial charge < -0.3 is 9.64 Å². The Labute approximate surface area is 137 Å². The van der Waals surface area contributed by atoms with E-state index in [1.165, 1.54) is 5.56 Å². The van der Waals surface area contributed by atoms with Gasteiger partial charge in [0.1, 0.15) is 5.75 Å². The Balaban J connectivity index is 1.45. The van der Waals surface area contributed by atoms with E-state index in [1.807, 2.05) is 17.0 Å². The van der Waals surface area contributed by atoms with E-state index in [4.69, 9.17) is 4.74 Å². The van der Waals surface area contributed by atoms with Gasteiger partial charge in [-0.2, -0.15) is 0 Å². The molecule has 1 unspecified atom stereocenters. The molecule has 120 valence electrons. The molecular weight excluding hydrogens is 288 g/mol. The van der Waals surface area contributed by atoms with Crippen molar-refractivity contribution < 1.29 is 9.53 Å². The number of nitrogens with zero attached hydrogens (tertiary/aromatic N) is 2. The van der Waals surface area contributed by atoms with Crippen LogP contribution in [0.3, 0.4) is 0 Å². The van der Waals surface area contributed by atoms with Crippen LogP contribution in [-0.2, 0) is 0 Å². The lowest BCUT2D eigenvalue weighted by Gasteiger charge is -2.16. The van der Waals surface area contributed by atoms with E-state index in [0.29, 0.717) is 12.5 Å². The maximum Gasteiger partial charge on any atom is 0.253 e. The van der Waals surface area contributed by atoms with Gasteiger partial charge in [0.2, 0.25) is 0 Å². The van der Waals surface area contributed by atoms with E-state index in [0.717, 1.165) is 37.2 Å². The van der Waals surface area contributed by atoms with Gasteiger partial charge >= 0.3 is 0 Å². The van der Waals surface area contributed by atoms with Crippen molar-refractivity contribution >= 4 is 5.91 Å². The Kier molecular flexibility index (Phi) is 4.91. The fourth-order valence-electron chi connectivity index (χ4n) is 2.91. The van der Waals surface area contributed by atoms with Gasteiger partial charge in [-0.3, -0.25) is 9.78 Å². The van der Waals surface area contributed by atoms with Gasteiger partial charge in [-0.15, -0.1) is 0 Å². The lowest BCUT2D eigenvalue weighted by Crippen LogP contribution is -2.28. The molecule has 3 rings (SSSR count). The van der Waals surface area contributed by atoms with Crippen molar-refractivity contribution in [2.45, 2.75) is 19.8 Å². The van der Waals surface area contributed by atoms with E-state index in [9.17, 15) is 4.79 Å². The average molecular weight is 310 g/mol. The van der Waals surface area contributed by atoms with Crippen molar-refractivity contribution in [1.29, 1.82) is 0 Å². The third kappa shape index (κ3) is 4.09. The first-order chi connectivity index (χ1) is 11.2. The second-order valence-electron chi connectivity index (χ2n) is 6.09. The maximum absolute atomic E-state index is 12.4. The first kappa shape index (κ1) is 15.5. The standard InChI is InChI=1S/C19H22N2O2/c1-15-2-4-18(5-3-15)23-13-9-16-8-12-21(14-16)19(22)17-6-10-20-11-7-17/h2-7,10-11,16H,8-9,12-14H2,1H3. The molecule has 1 atom stereocenters. The molecule has 0 bridgehead atoms. The molecule has 4 heteroatoms. The number of aryl methyl sites for hydroxylation is 1. The van der Waals surface area contributed by atoms with Crippen molar-refractivity contribution in [1.82, 2.24) is 9.88 Å². The van der Waals surface area contributed by atoms with Gasteiger partial charge in [-0.1, -0.05) is 17.7 Å². The summed E-state index contributed by atoms with van der Waals surface area (Å²) in [6, 6.07) is 11.7. The molecular formula is C19H22N2O2. The van der Waals surface area contributed by atoms with E-state index >= 15 is 0 Å². The summed E-state index contributed by atoms with van der Waals surface area (Å²) >= 11 is 0. The summed E-state index contributed by atoms with van der Waals surface area (Å²) in [6.45, 7) is 4.41. The molecule has 2 heterocycles. The molecule has 1 aliphatic heterocycles. The third-order valence-corrected chi connectivity index (χ3v) is 4.32. The summed E-state index contributed by atoms with van der Waals surface area (Å²) in [6.07, 6.45) is 5.36. The highest BCUT2D eigenvalue weighted by molar-refractivity contribution is 5.94. The lowest BCUT2D eigenvalue weighted by atomic mass is 10.1. The second kappa shape index (κ2) is 7.27. The molecule has 1 amide bonds. The predicted octanol–water partition coefficient (Wildman–Crippen LogP) is 3.32. The minimum absolute atomic E-state index is 0.106. The zero-order chi connectivity index (χ0) is 16.1. The number of carbonyl (C=O) groups excluding carboxylic acids is 1. The van der Waals surface area contributed by atoms with Gasteiger partial charge in [-0.05, 0) is 49.9 Å². The van der Waals surface area contributed by atoms with Gasteiger partial charge in [0.05, 0.1) is 6.61 Å². The van der Waals surface area contributed by atoms with Crippen LogP contribution in [0.5, 0.6) is 5.75 Å². The number of ether oxygens (including phenoxy) is 1. The Hall–Kier alpha value is -2.36. The fraction of sp³-hybridized carbons (Fsp3) is 0.368. The number of hydrogen-bond acceptors (Lipinski definition) is 3. The summed E-state index contributed by atoms with van der Waals surface area (Å²) < 4.78 is 5.79. The quantitative estimate of drug-likeness (QED) is 0.851. The molecule has 4 nitrogen and oxygen atoms in total. The van der Waals surface area contributed by atoms with Gasteiger partial charge in [0.15, 0.2) is 0 Å². The number of pyridine rings is 1. The molecule has 23 heavy (non-hydrogen) atoms. The maximum atomic E-state index is 12.4. The normalized spacial score (nSPS) is 17.3. The summed E-state index contributed by atoms with van der Waals surface area (Å²) in [5, 5.41) is 0. The highest BCUT2D eigenvalue weighted by atomic mass is 16.5. The molecule has 1 saturated heterocycles. The summed E-state index contributed by atoms with van der Waals surface area (Å²) in [4.78, 5) is 18.3. The molecule has 1 aliphatic rings. The molecule has 1 aromatic heterocycles. The van der Waals surface area contributed by atoms with Crippen LogP contribution in [0.2, 0.25) is 0 Å². The summed E-state index contributed by atoms with van der Waals surface area (Å²) in [5.41, 5.74) is 1.95. The van der Waals surface area contributed by atoms with E-state index in [-0.39, 0.29) is 5.91 Å². The van der Waals surface area contributed by atoms with Crippen LogP contribution in [0, 0.1) is 12.8 Å². The largest absolute Gasteiger partial charge is 0.494 e. The Bertz CT molecular complexity index is 640. The fourth-order valence-corrected chi connectivity index (χ4v) is 2.91. The van der Waals surface area contributed by atoms with Crippen molar-refractivity contribution in [2.75, 3.05) is 19.7 Å². The number of rotatable bonds is 5. The number of amides is 1. The zero-order valence-corrected chi connectivity index (χ0v) is 13.4. The van der Waals surface area contributed by atoms with Crippen molar-refractivity contribution in [3.63, 3.8) is 0 Å². The molecule has 1 fully saturated rings. The SMILES string of the molecule is Cc1ccc(OCCC2CCN(C(=O)c3ccncc3)C2)cc1. The van der Waals surface area contributed by atoms with Crippen LogP contribution < -0.4 is 4.74 Å². The smallest absolute Gasteiger partial charge is 0.253 e. The minimum Gasteiger partial charge on any atom is -0.494 e. The van der Waals surface area contributed by atoms with E-state index in [2.05, 4.69) is 24.0 Å². The van der Waals surface area contributed by atoms with Crippen LogP contribution in [-0.4, -0.2) is 35.5 Å². The van der Waals surface area contributed by atoms with Crippen LogP contribution in [0.15, 0.2) is 48.8 Å². The summed E-state index contributed by atoms with van der Waals surface area (Å²) in [7, 11) is 0. The molecule has 0 N–H and O–H groups in total. The van der Waals surface area contributed by atoms with Crippen molar-refractivity contribution in [2.24, 2.45) is 5.92 Å². The Morgan fingerprint density at radius 1 is 1.22 bits per heavy atom. The topological polar surface area (TPSA) is 42.4 Å². The Morgan fingerprint density at radius 2 is 1.96 bits per heavy atom.